The van der Waals surface area contributed by atoms with Crippen LogP contribution in [-0.4, -0.2) is 32.5 Å². The monoisotopic (exact) mass is 576 g/mol. The van der Waals surface area contributed by atoms with Crippen LogP contribution in [0, 0.1) is 0 Å². The van der Waals surface area contributed by atoms with E-state index in [0.29, 0.717) is 13.2 Å². The minimum absolute atomic E-state index is 0. The summed E-state index contributed by atoms with van der Waals surface area (Å²) in [4.78, 5) is 0. The van der Waals surface area contributed by atoms with E-state index in [2.05, 4.69) is 13.8 Å². The van der Waals surface area contributed by atoms with Crippen molar-refractivity contribution >= 4 is 12.4 Å². The molecule has 0 saturated carbocycles. The van der Waals surface area contributed by atoms with Crippen LogP contribution in [0.3, 0.4) is 0 Å². The summed E-state index contributed by atoms with van der Waals surface area (Å²) in [7, 11) is 0. The highest BCUT2D eigenvalue weighted by atomic mass is 35.5. The van der Waals surface area contributed by atoms with E-state index < -0.39 is 0 Å². The summed E-state index contributed by atoms with van der Waals surface area (Å²) in [6.07, 6.45) is 39.1. The Kier molecular flexibility index (Phi) is 40.4. The van der Waals surface area contributed by atoms with Crippen LogP contribution in [0.2, 0.25) is 0 Å². The predicted octanol–water partition coefficient (Wildman–Crippen LogP) is 11.7. The summed E-state index contributed by atoms with van der Waals surface area (Å²) in [5.41, 5.74) is 5.89. The molecule has 0 heterocycles. The van der Waals surface area contributed by atoms with Gasteiger partial charge in [0.15, 0.2) is 0 Å². The topological polar surface area (TPSA) is 44.5 Å². The third kappa shape index (κ3) is 36.1. The first-order chi connectivity index (χ1) is 18.8. The highest BCUT2D eigenvalue weighted by Crippen LogP contribution is 2.14. The zero-order valence-electron chi connectivity index (χ0n) is 27.0. The lowest BCUT2D eigenvalue weighted by molar-refractivity contribution is -0.0136. The molecule has 4 heteroatoms. The minimum Gasteiger partial charge on any atom is -0.379 e. The molecule has 0 aromatic heterocycles. The van der Waals surface area contributed by atoms with Crippen molar-refractivity contribution in [2.24, 2.45) is 5.73 Å². The number of ether oxygens (including phenoxy) is 2. The molecule has 0 radical (unpaired) electrons. The Bertz CT molecular complexity index is 410. The Morgan fingerprint density at radius 3 is 1.00 bits per heavy atom. The van der Waals surface area contributed by atoms with Crippen LogP contribution in [0.15, 0.2) is 0 Å². The first-order valence-electron chi connectivity index (χ1n) is 17.7. The van der Waals surface area contributed by atoms with Gasteiger partial charge < -0.3 is 15.2 Å². The third-order valence-corrected chi connectivity index (χ3v) is 8.06. The van der Waals surface area contributed by atoms with Gasteiger partial charge in [-0.3, -0.25) is 0 Å². The molecule has 1 atom stereocenters. The molecule has 0 aliphatic carbocycles. The van der Waals surface area contributed by atoms with Crippen molar-refractivity contribution in [3.63, 3.8) is 0 Å². The lowest BCUT2D eigenvalue weighted by Gasteiger charge is -2.16. The maximum Gasteiger partial charge on any atom is 0.0930 e. The second kappa shape index (κ2) is 38.2. The minimum atomic E-state index is 0. The van der Waals surface area contributed by atoms with Crippen molar-refractivity contribution < 1.29 is 9.47 Å². The molecule has 0 fully saturated rings. The first-order valence-corrected chi connectivity index (χ1v) is 17.7. The lowest BCUT2D eigenvalue weighted by atomic mass is 10.0. The standard InChI is InChI=1S/C35H73NO2.ClH/c1-3-5-7-9-11-13-15-17-19-21-23-25-27-29-31-37-34-35(33-36)38-32-30-28-26-24-22-20-18-16-14-12-10-8-6-4-2;/h35H,3-34,36H2,1-2H3;1H. The van der Waals surface area contributed by atoms with Crippen molar-refractivity contribution in [3.8, 4) is 0 Å². The summed E-state index contributed by atoms with van der Waals surface area (Å²) in [6.45, 7) is 7.51. The number of unbranched alkanes of at least 4 members (excludes halogenated alkanes) is 26. The van der Waals surface area contributed by atoms with Gasteiger partial charge in [0.05, 0.1) is 12.7 Å². The van der Waals surface area contributed by atoms with Crippen LogP contribution in [0.4, 0.5) is 0 Å². The fourth-order valence-corrected chi connectivity index (χ4v) is 5.34. The summed E-state index contributed by atoms with van der Waals surface area (Å²) in [5, 5.41) is 0. The molecule has 0 amide bonds. The molecule has 0 aromatic rings. The van der Waals surface area contributed by atoms with Crippen molar-refractivity contribution in [3.05, 3.63) is 0 Å². The van der Waals surface area contributed by atoms with Gasteiger partial charge in [-0.15, -0.1) is 12.4 Å². The molecular weight excluding hydrogens is 502 g/mol. The highest BCUT2D eigenvalue weighted by Gasteiger charge is 2.07. The molecule has 1 unspecified atom stereocenters. The van der Waals surface area contributed by atoms with Crippen LogP contribution >= 0.6 is 12.4 Å². The normalized spacial score (nSPS) is 12.1. The van der Waals surface area contributed by atoms with E-state index in [1.807, 2.05) is 0 Å². The second-order valence-corrected chi connectivity index (χ2v) is 12.0. The van der Waals surface area contributed by atoms with E-state index in [1.54, 1.807) is 0 Å². The maximum absolute atomic E-state index is 5.97. The first kappa shape index (κ1) is 41.3. The van der Waals surface area contributed by atoms with E-state index in [9.17, 15) is 0 Å². The van der Waals surface area contributed by atoms with Gasteiger partial charge >= 0.3 is 0 Å². The van der Waals surface area contributed by atoms with E-state index in [-0.39, 0.29) is 18.5 Å². The number of halogens is 1. The zero-order valence-corrected chi connectivity index (χ0v) is 27.8. The average molecular weight is 576 g/mol. The van der Waals surface area contributed by atoms with Gasteiger partial charge in [0.25, 0.3) is 0 Å². The Labute approximate surface area is 253 Å². The van der Waals surface area contributed by atoms with Gasteiger partial charge in [-0.25, -0.2) is 0 Å². The predicted molar refractivity (Wildman–Crippen MR) is 177 cm³/mol. The van der Waals surface area contributed by atoms with E-state index in [1.165, 1.54) is 173 Å². The van der Waals surface area contributed by atoms with Gasteiger partial charge in [0.2, 0.25) is 0 Å². The van der Waals surface area contributed by atoms with Crippen molar-refractivity contribution in [2.45, 2.75) is 200 Å². The molecule has 0 aromatic carbocycles. The molecule has 2 N–H and O–H groups in total. The van der Waals surface area contributed by atoms with Gasteiger partial charge in [0.1, 0.15) is 0 Å². The highest BCUT2D eigenvalue weighted by molar-refractivity contribution is 5.85. The second-order valence-electron chi connectivity index (χ2n) is 12.0. The van der Waals surface area contributed by atoms with Gasteiger partial charge in [-0.1, -0.05) is 181 Å². The Balaban J connectivity index is 0. The number of rotatable bonds is 34. The van der Waals surface area contributed by atoms with Crippen molar-refractivity contribution in [1.82, 2.24) is 0 Å². The summed E-state index contributed by atoms with van der Waals surface area (Å²) in [6, 6.07) is 0. The lowest BCUT2D eigenvalue weighted by Crippen LogP contribution is -2.29. The Morgan fingerprint density at radius 1 is 0.410 bits per heavy atom. The maximum atomic E-state index is 5.97. The van der Waals surface area contributed by atoms with Crippen LogP contribution in [0.5, 0.6) is 0 Å². The summed E-state index contributed by atoms with van der Waals surface area (Å²) < 4.78 is 11.8. The van der Waals surface area contributed by atoms with Gasteiger partial charge in [-0.2, -0.15) is 0 Å². The Hall–Kier alpha value is 0.170. The molecule has 0 bridgehead atoms. The van der Waals surface area contributed by atoms with Crippen molar-refractivity contribution in [2.75, 3.05) is 26.4 Å². The largest absolute Gasteiger partial charge is 0.379 e. The molecular formula is C35H74ClNO2. The Morgan fingerprint density at radius 2 is 0.692 bits per heavy atom. The molecule has 3 nitrogen and oxygen atoms in total. The zero-order chi connectivity index (χ0) is 27.6. The molecule has 238 valence electrons. The molecule has 39 heavy (non-hydrogen) atoms. The molecule has 0 spiro atoms. The van der Waals surface area contributed by atoms with Crippen LogP contribution < -0.4 is 5.73 Å². The fourth-order valence-electron chi connectivity index (χ4n) is 5.34. The van der Waals surface area contributed by atoms with Crippen LogP contribution in [0.1, 0.15) is 194 Å². The summed E-state index contributed by atoms with van der Waals surface area (Å²) in [5.74, 6) is 0. The van der Waals surface area contributed by atoms with Gasteiger partial charge in [0, 0.05) is 19.8 Å². The molecule has 0 rings (SSSR count). The van der Waals surface area contributed by atoms with Crippen LogP contribution in [0.25, 0.3) is 0 Å². The number of hydrogen-bond acceptors (Lipinski definition) is 3. The summed E-state index contributed by atoms with van der Waals surface area (Å²) >= 11 is 0. The number of hydrogen-bond donors (Lipinski definition) is 1. The average Bonchev–Trinajstić information content (AvgIpc) is 2.93. The van der Waals surface area contributed by atoms with Crippen LogP contribution in [-0.2, 0) is 9.47 Å². The van der Waals surface area contributed by atoms with Gasteiger partial charge in [-0.05, 0) is 12.8 Å². The van der Waals surface area contributed by atoms with E-state index >= 15 is 0 Å². The molecule has 0 aliphatic rings. The molecule has 0 aliphatic heterocycles. The SMILES string of the molecule is CCCCCCCCCCCCCCCCOCC(CN)OCCCCCCCCCCCCCCCC.Cl. The van der Waals surface area contributed by atoms with E-state index in [0.717, 1.165) is 19.6 Å². The molecule has 0 saturated heterocycles. The van der Waals surface area contributed by atoms with E-state index in [4.69, 9.17) is 15.2 Å². The fraction of sp³-hybridized carbons (Fsp3) is 1.00. The quantitative estimate of drug-likeness (QED) is 0.0775. The number of nitrogens with two attached hydrogens (primary N) is 1. The van der Waals surface area contributed by atoms with Crippen molar-refractivity contribution in [1.29, 1.82) is 0 Å². The third-order valence-electron chi connectivity index (χ3n) is 8.06. The smallest absolute Gasteiger partial charge is 0.0930 e.